The van der Waals surface area contributed by atoms with Gasteiger partial charge in [0.15, 0.2) is 0 Å². The van der Waals surface area contributed by atoms with Crippen molar-refractivity contribution < 1.29 is 9.32 Å². The van der Waals surface area contributed by atoms with Crippen molar-refractivity contribution in [2.45, 2.75) is 59.5 Å². The largest absolute Gasteiger partial charge is 0.361 e. The second-order valence-electron chi connectivity index (χ2n) is 6.75. The van der Waals surface area contributed by atoms with Gasteiger partial charge in [0.1, 0.15) is 11.5 Å². The van der Waals surface area contributed by atoms with E-state index in [0.717, 1.165) is 60.9 Å². The average molecular weight is 345 g/mol. The first kappa shape index (κ1) is 17.7. The highest BCUT2D eigenvalue weighted by molar-refractivity contribution is 5.93. The van der Waals surface area contributed by atoms with Crippen LogP contribution in [0.4, 0.5) is 5.69 Å². The molecule has 3 heterocycles. The summed E-state index contributed by atoms with van der Waals surface area (Å²) < 4.78 is 7.13. The maximum Gasteiger partial charge on any atom is 0.238 e. The Morgan fingerprint density at radius 3 is 2.80 bits per heavy atom. The van der Waals surface area contributed by atoms with Crippen molar-refractivity contribution in [3.63, 3.8) is 0 Å². The van der Waals surface area contributed by atoms with Crippen LogP contribution in [0.1, 0.15) is 55.1 Å². The number of carbonyl (C=O) groups is 1. The summed E-state index contributed by atoms with van der Waals surface area (Å²) in [4.78, 5) is 14.8. The van der Waals surface area contributed by atoms with Gasteiger partial charge in [-0.25, -0.2) is 0 Å². The number of nitrogens with one attached hydrogen (secondary N) is 1. The Morgan fingerprint density at radius 2 is 2.16 bits per heavy atom. The van der Waals surface area contributed by atoms with E-state index < -0.39 is 0 Å². The second-order valence-corrected chi connectivity index (χ2v) is 6.75. The SMILES string of the molecule is CCn1nc(C)c(NC(=O)CN2CCCCC2c2cc(C)on2)c1C. The Kier molecular flexibility index (Phi) is 5.22. The smallest absolute Gasteiger partial charge is 0.238 e. The summed E-state index contributed by atoms with van der Waals surface area (Å²) >= 11 is 0. The molecule has 7 heteroatoms. The lowest BCUT2D eigenvalue weighted by Crippen LogP contribution is -2.39. The summed E-state index contributed by atoms with van der Waals surface area (Å²) in [5.74, 6) is 0.803. The fourth-order valence-electron chi connectivity index (χ4n) is 3.61. The number of rotatable bonds is 5. The lowest BCUT2D eigenvalue weighted by molar-refractivity contribution is -0.118. The summed E-state index contributed by atoms with van der Waals surface area (Å²) in [6, 6.07) is 2.12. The van der Waals surface area contributed by atoms with E-state index in [-0.39, 0.29) is 11.9 Å². The summed E-state index contributed by atoms with van der Waals surface area (Å²) in [6.45, 7) is 9.90. The van der Waals surface area contributed by atoms with E-state index in [1.807, 2.05) is 38.4 Å². The van der Waals surface area contributed by atoms with Crippen LogP contribution in [0.25, 0.3) is 0 Å². The van der Waals surface area contributed by atoms with Gasteiger partial charge in [-0.2, -0.15) is 5.10 Å². The van der Waals surface area contributed by atoms with E-state index >= 15 is 0 Å². The maximum absolute atomic E-state index is 12.6. The van der Waals surface area contributed by atoms with Crippen LogP contribution in [0.3, 0.4) is 0 Å². The van der Waals surface area contributed by atoms with Crippen LogP contribution in [0.2, 0.25) is 0 Å². The van der Waals surface area contributed by atoms with Gasteiger partial charge >= 0.3 is 0 Å². The molecule has 1 fully saturated rings. The molecule has 7 nitrogen and oxygen atoms in total. The van der Waals surface area contributed by atoms with Crippen molar-refractivity contribution in [3.05, 3.63) is 28.9 Å². The summed E-state index contributed by atoms with van der Waals surface area (Å²) in [5, 5.41) is 11.7. The number of likely N-dealkylation sites (tertiary alicyclic amines) is 1. The molecular formula is C18H27N5O2. The van der Waals surface area contributed by atoms with Gasteiger partial charge < -0.3 is 9.84 Å². The lowest BCUT2D eigenvalue weighted by atomic mass is 9.99. The molecule has 3 rings (SSSR count). The van der Waals surface area contributed by atoms with Crippen LogP contribution >= 0.6 is 0 Å². The molecule has 1 amide bonds. The third kappa shape index (κ3) is 3.76. The van der Waals surface area contributed by atoms with Gasteiger partial charge in [-0.05, 0) is 47.1 Å². The van der Waals surface area contributed by atoms with Gasteiger partial charge in [-0.3, -0.25) is 14.4 Å². The van der Waals surface area contributed by atoms with Crippen molar-refractivity contribution in [1.29, 1.82) is 0 Å². The number of carbonyl (C=O) groups excluding carboxylic acids is 1. The van der Waals surface area contributed by atoms with Gasteiger partial charge in [-0.15, -0.1) is 0 Å². The van der Waals surface area contributed by atoms with E-state index in [1.165, 1.54) is 0 Å². The van der Waals surface area contributed by atoms with E-state index in [9.17, 15) is 4.79 Å². The molecule has 25 heavy (non-hydrogen) atoms. The number of aryl methyl sites for hydroxylation is 3. The molecule has 2 aromatic heterocycles. The monoisotopic (exact) mass is 345 g/mol. The molecule has 0 aromatic carbocycles. The van der Waals surface area contributed by atoms with Gasteiger partial charge in [0.25, 0.3) is 0 Å². The van der Waals surface area contributed by atoms with Crippen LogP contribution < -0.4 is 5.32 Å². The van der Waals surface area contributed by atoms with Crippen molar-refractivity contribution in [1.82, 2.24) is 19.8 Å². The Labute approximate surface area is 148 Å². The number of nitrogens with zero attached hydrogens (tertiary/aromatic N) is 4. The zero-order valence-electron chi connectivity index (χ0n) is 15.5. The molecule has 0 saturated carbocycles. The van der Waals surface area contributed by atoms with Gasteiger partial charge in [-0.1, -0.05) is 11.6 Å². The highest BCUT2D eigenvalue weighted by Crippen LogP contribution is 2.30. The van der Waals surface area contributed by atoms with E-state index in [2.05, 4.69) is 20.5 Å². The fraction of sp³-hybridized carbons (Fsp3) is 0.611. The topological polar surface area (TPSA) is 76.2 Å². The molecule has 136 valence electrons. The predicted molar refractivity (Wildman–Crippen MR) is 95.4 cm³/mol. The first-order chi connectivity index (χ1) is 12.0. The zero-order chi connectivity index (χ0) is 18.0. The molecule has 1 saturated heterocycles. The molecular weight excluding hydrogens is 318 g/mol. The Morgan fingerprint density at radius 1 is 1.36 bits per heavy atom. The molecule has 1 atom stereocenters. The van der Waals surface area contributed by atoms with Crippen LogP contribution in [-0.4, -0.2) is 38.8 Å². The Hall–Kier alpha value is -2.15. The minimum absolute atomic E-state index is 0.00558. The summed E-state index contributed by atoms with van der Waals surface area (Å²) in [7, 11) is 0. The van der Waals surface area contributed by atoms with Crippen molar-refractivity contribution >= 4 is 11.6 Å². The normalized spacial score (nSPS) is 18.5. The molecule has 0 bridgehead atoms. The molecule has 1 N–H and O–H groups in total. The third-order valence-electron chi connectivity index (χ3n) is 4.89. The molecule has 2 aromatic rings. The standard InChI is InChI=1S/C18H27N5O2/c1-5-23-14(4)18(13(3)20-23)19-17(24)11-22-9-7-6-8-16(22)15-10-12(2)25-21-15/h10,16H,5-9,11H2,1-4H3,(H,19,24). The van der Waals surface area contributed by atoms with Gasteiger partial charge in [0.05, 0.1) is 29.7 Å². The van der Waals surface area contributed by atoms with E-state index in [0.29, 0.717) is 6.54 Å². The molecule has 0 radical (unpaired) electrons. The second kappa shape index (κ2) is 7.39. The Bertz CT molecular complexity index is 749. The average Bonchev–Trinajstić information content (AvgIpc) is 3.13. The quantitative estimate of drug-likeness (QED) is 0.901. The predicted octanol–water partition coefficient (Wildman–Crippen LogP) is 2.98. The van der Waals surface area contributed by atoms with Crippen molar-refractivity contribution in [2.24, 2.45) is 0 Å². The first-order valence-electron chi connectivity index (χ1n) is 9.00. The molecule has 1 aliphatic heterocycles. The van der Waals surface area contributed by atoms with Crippen molar-refractivity contribution in [3.8, 4) is 0 Å². The first-order valence-corrected chi connectivity index (χ1v) is 9.00. The van der Waals surface area contributed by atoms with Crippen LogP contribution in [0.5, 0.6) is 0 Å². The Balaban J connectivity index is 1.70. The number of piperidine rings is 1. The summed E-state index contributed by atoms with van der Waals surface area (Å²) in [6.07, 6.45) is 3.26. The highest BCUT2D eigenvalue weighted by Gasteiger charge is 2.28. The zero-order valence-corrected chi connectivity index (χ0v) is 15.5. The maximum atomic E-state index is 12.6. The third-order valence-corrected chi connectivity index (χ3v) is 4.89. The van der Waals surface area contributed by atoms with Crippen LogP contribution in [-0.2, 0) is 11.3 Å². The molecule has 0 spiro atoms. The number of amides is 1. The fourth-order valence-corrected chi connectivity index (χ4v) is 3.61. The number of hydrogen-bond donors (Lipinski definition) is 1. The number of aromatic nitrogens is 3. The van der Waals surface area contributed by atoms with E-state index in [1.54, 1.807) is 0 Å². The molecule has 0 aliphatic carbocycles. The van der Waals surface area contributed by atoms with Gasteiger partial charge in [0, 0.05) is 12.6 Å². The van der Waals surface area contributed by atoms with E-state index in [4.69, 9.17) is 4.52 Å². The van der Waals surface area contributed by atoms with Crippen LogP contribution in [0.15, 0.2) is 10.6 Å². The molecule has 1 aliphatic rings. The number of hydrogen-bond acceptors (Lipinski definition) is 5. The van der Waals surface area contributed by atoms with Crippen LogP contribution in [0, 0.1) is 20.8 Å². The number of anilines is 1. The minimum atomic E-state index is -0.00558. The van der Waals surface area contributed by atoms with Gasteiger partial charge in [0.2, 0.25) is 5.91 Å². The molecule has 1 unspecified atom stereocenters. The van der Waals surface area contributed by atoms with Crippen molar-refractivity contribution in [2.75, 3.05) is 18.4 Å². The highest BCUT2D eigenvalue weighted by atomic mass is 16.5. The minimum Gasteiger partial charge on any atom is -0.361 e. The lowest BCUT2D eigenvalue weighted by Gasteiger charge is -2.33. The summed E-state index contributed by atoms with van der Waals surface area (Å²) in [5.41, 5.74) is 3.61.